The molecule has 0 spiro atoms. The summed E-state index contributed by atoms with van der Waals surface area (Å²) in [4.78, 5) is 2.72. The van der Waals surface area contributed by atoms with Crippen molar-refractivity contribution in [3.63, 3.8) is 0 Å². The van der Waals surface area contributed by atoms with E-state index in [1.54, 1.807) is 0 Å². The highest BCUT2D eigenvalue weighted by molar-refractivity contribution is 4.96. The number of nitrogens with one attached hydrogen (secondary N) is 1. The molecular formula is C14H28N2. The van der Waals surface area contributed by atoms with E-state index in [9.17, 15) is 0 Å². The van der Waals surface area contributed by atoms with Gasteiger partial charge in [0, 0.05) is 18.1 Å². The third-order valence-corrected chi connectivity index (χ3v) is 4.79. The zero-order valence-electron chi connectivity index (χ0n) is 11.3. The van der Waals surface area contributed by atoms with Crippen LogP contribution in [-0.2, 0) is 0 Å². The molecule has 16 heavy (non-hydrogen) atoms. The van der Waals surface area contributed by atoms with Crippen LogP contribution in [-0.4, -0.2) is 36.1 Å². The van der Waals surface area contributed by atoms with Crippen LogP contribution in [0, 0.1) is 5.92 Å². The van der Waals surface area contributed by atoms with Crippen LogP contribution in [0.3, 0.4) is 0 Å². The Balaban J connectivity index is 1.92. The molecule has 0 amide bonds. The summed E-state index contributed by atoms with van der Waals surface area (Å²) in [6.45, 7) is 11.0. The number of piperidine rings is 1. The number of hydrogen-bond acceptors (Lipinski definition) is 2. The summed E-state index contributed by atoms with van der Waals surface area (Å²) in [5, 5.41) is 3.76. The molecule has 0 bridgehead atoms. The lowest BCUT2D eigenvalue weighted by Crippen LogP contribution is -2.53. The first-order valence-electron chi connectivity index (χ1n) is 7.14. The van der Waals surface area contributed by atoms with Crippen LogP contribution in [0.2, 0.25) is 0 Å². The SMILES string of the molecule is CCC1(CN2CCC(C)CC2C)CCCN1. The largest absolute Gasteiger partial charge is 0.310 e. The first-order chi connectivity index (χ1) is 7.65. The summed E-state index contributed by atoms with van der Waals surface area (Å²) in [7, 11) is 0. The van der Waals surface area contributed by atoms with Crippen LogP contribution in [0.25, 0.3) is 0 Å². The molecule has 2 saturated heterocycles. The van der Waals surface area contributed by atoms with E-state index in [2.05, 4.69) is 31.0 Å². The lowest BCUT2D eigenvalue weighted by molar-refractivity contribution is 0.0922. The quantitative estimate of drug-likeness (QED) is 0.793. The molecule has 0 saturated carbocycles. The van der Waals surface area contributed by atoms with Crippen molar-refractivity contribution < 1.29 is 0 Å². The molecule has 3 atom stereocenters. The molecule has 3 unspecified atom stereocenters. The van der Waals surface area contributed by atoms with Crippen molar-refractivity contribution in [2.24, 2.45) is 5.92 Å². The van der Waals surface area contributed by atoms with Crippen molar-refractivity contribution in [2.45, 2.75) is 64.5 Å². The fourth-order valence-corrected chi connectivity index (χ4v) is 3.50. The Morgan fingerprint density at radius 1 is 1.38 bits per heavy atom. The monoisotopic (exact) mass is 224 g/mol. The van der Waals surface area contributed by atoms with Crippen LogP contribution in [0.4, 0.5) is 0 Å². The molecule has 2 fully saturated rings. The van der Waals surface area contributed by atoms with Crippen molar-refractivity contribution in [2.75, 3.05) is 19.6 Å². The minimum Gasteiger partial charge on any atom is -0.310 e. The van der Waals surface area contributed by atoms with Gasteiger partial charge in [0.2, 0.25) is 0 Å². The van der Waals surface area contributed by atoms with E-state index in [1.807, 2.05) is 0 Å². The molecule has 0 aromatic rings. The highest BCUT2D eigenvalue weighted by Gasteiger charge is 2.35. The van der Waals surface area contributed by atoms with E-state index in [0.29, 0.717) is 5.54 Å². The summed E-state index contributed by atoms with van der Waals surface area (Å²) in [5.41, 5.74) is 0.439. The second kappa shape index (κ2) is 5.05. The molecule has 2 aliphatic rings. The molecule has 0 aromatic carbocycles. The van der Waals surface area contributed by atoms with Gasteiger partial charge in [0.05, 0.1) is 0 Å². The molecular weight excluding hydrogens is 196 g/mol. The molecule has 2 aliphatic heterocycles. The van der Waals surface area contributed by atoms with Crippen molar-refractivity contribution >= 4 is 0 Å². The smallest absolute Gasteiger partial charge is 0.0306 e. The van der Waals surface area contributed by atoms with Crippen LogP contribution >= 0.6 is 0 Å². The van der Waals surface area contributed by atoms with Gasteiger partial charge in [0.1, 0.15) is 0 Å². The van der Waals surface area contributed by atoms with E-state index in [1.165, 1.54) is 51.7 Å². The van der Waals surface area contributed by atoms with Crippen molar-refractivity contribution in [3.8, 4) is 0 Å². The van der Waals surface area contributed by atoms with E-state index in [-0.39, 0.29) is 0 Å². The highest BCUT2D eigenvalue weighted by Crippen LogP contribution is 2.28. The number of nitrogens with zero attached hydrogens (tertiary/aromatic N) is 1. The summed E-state index contributed by atoms with van der Waals surface area (Å²) in [6, 6.07) is 0.787. The van der Waals surface area contributed by atoms with E-state index in [0.717, 1.165) is 12.0 Å². The summed E-state index contributed by atoms with van der Waals surface area (Å²) in [5.74, 6) is 0.931. The zero-order chi connectivity index (χ0) is 11.6. The maximum Gasteiger partial charge on any atom is 0.0306 e. The van der Waals surface area contributed by atoms with Crippen LogP contribution in [0.15, 0.2) is 0 Å². The maximum absolute atomic E-state index is 3.76. The number of likely N-dealkylation sites (tertiary alicyclic amines) is 1. The lowest BCUT2D eigenvalue weighted by atomic mass is 9.88. The third-order valence-electron chi connectivity index (χ3n) is 4.79. The van der Waals surface area contributed by atoms with Gasteiger partial charge in [-0.15, -0.1) is 0 Å². The van der Waals surface area contributed by atoms with Gasteiger partial charge in [-0.1, -0.05) is 13.8 Å². The predicted octanol–water partition coefficient (Wildman–Crippen LogP) is 2.64. The third kappa shape index (κ3) is 2.60. The molecule has 0 aromatic heterocycles. The Hall–Kier alpha value is -0.0800. The van der Waals surface area contributed by atoms with Crippen LogP contribution in [0.1, 0.15) is 52.9 Å². The Labute approximate surface area is 101 Å². The van der Waals surface area contributed by atoms with Crippen LogP contribution in [0.5, 0.6) is 0 Å². The Morgan fingerprint density at radius 2 is 2.19 bits per heavy atom. The Morgan fingerprint density at radius 3 is 2.75 bits per heavy atom. The normalized spacial score (nSPS) is 41.4. The highest BCUT2D eigenvalue weighted by atomic mass is 15.2. The molecule has 94 valence electrons. The standard InChI is InChI=1S/C14H28N2/c1-4-14(7-5-8-15-14)11-16-9-6-12(2)10-13(16)3/h12-13,15H,4-11H2,1-3H3. The summed E-state index contributed by atoms with van der Waals surface area (Å²) < 4.78 is 0. The molecule has 1 N–H and O–H groups in total. The van der Waals surface area contributed by atoms with Gasteiger partial charge in [0.15, 0.2) is 0 Å². The van der Waals surface area contributed by atoms with Gasteiger partial charge in [-0.05, 0) is 58.0 Å². The van der Waals surface area contributed by atoms with Gasteiger partial charge in [-0.2, -0.15) is 0 Å². The summed E-state index contributed by atoms with van der Waals surface area (Å²) >= 11 is 0. The topological polar surface area (TPSA) is 15.3 Å². The maximum atomic E-state index is 3.76. The molecule has 0 aliphatic carbocycles. The second-order valence-corrected chi connectivity index (χ2v) is 6.11. The minimum absolute atomic E-state index is 0.439. The average Bonchev–Trinajstić information content (AvgIpc) is 2.72. The molecule has 2 rings (SSSR count). The molecule has 0 radical (unpaired) electrons. The molecule has 2 heteroatoms. The van der Waals surface area contributed by atoms with E-state index in [4.69, 9.17) is 0 Å². The lowest BCUT2D eigenvalue weighted by Gasteiger charge is -2.42. The van der Waals surface area contributed by atoms with Gasteiger partial charge in [-0.25, -0.2) is 0 Å². The van der Waals surface area contributed by atoms with E-state index < -0.39 is 0 Å². The fourth-order valence-electron chi connectivity index (χ4n) is 3.50. The van der Waals surface area contributed by atoms with Gasteiger partial charge < -0.3 is 5.32 Å². The number of rotatable bonds is 3. The predicted molar refractivity (Wildman–Crippen MR) is 69.7 cm³/mol. The van der Waals surface area contributed by atoms with Gasteiger partial charge in [0.25, 0.3) is 0 Å². The first kappa shape index (κ1) is 12.4. The zero-order valence-corrected chi connectivity index (χ0v) is 11.3. The Kier molecular flexibility index (Phi) is 3.91. The van der Waals surface area contributed by atoms with Crippen LogP contribution < -0.4 is 5.32 Å². The Bertz CT molecular complexity index is 221. The van der Waals surface area contributed by atoms with Gasteiger partial charge in [-0.3, -0.25) is 4.90 Å². The fraction of sp³-hybridized carbons (Fsp3) is 1.00. The molecule has 2 nitrogen and oxygen atoms in total. The first-order valence-corrected chi connectivity index (χ1v) is 7.14. The van der Waals surface area contributed by atoms with Crippen molar-refractivity contribution in [1.29, 1.82) is 0 Å². The number of hydrogen-bond donors (Lipinski definition) is 1. The molecule has 2 heterocycles. The summed E-state index contributed by atoms with van der Waals surface area (Å²) in [6.07, 6.45) is 6.81. The van der Waals surface area contributed by atoms with Gasteiger partial charge >= 0.3 is 0 Å². The minimum atomic E-state index is 0.439. The van der Waals surface area contributed by atoms with E-state index >= 15 is 0 Å². The van der Waals surface area contributed by atoms with Crippen molar-refractivity contribution in [3.05, 3.63) is 0 Å². The van der Waals surface area contributed by atoms with Crippen molar-refractivity contribution in [1.82, 2.24) is 10.2 Å². The second-order valence-electron chi connectivity index (χ2n) is 6.11. The average molecular weight is 224 g/mol.